The summed E-state index contributed by atoms with van der Waals surface area (Å²) in [5, 5.41) is 11.8. The van der Waals surface area contributed by atoms with Crippen molar-refractivity contribution in [1.82, 2.24) is 5.32 Å². The van der Waals surface area contributed by atoms with E-state index in [0.717, 1.165) is 0 Å². The molecule has 0 aliphatic carbocycles. The average molecular weight is 287 g/mol. The molecule has 0 aliphatic heterocycles. The summed E-state index contributed by atoms with van der Waals surface area (Å²) in [5.41, 5.74) is 1.21. The highest BCUT2D eigenvalue weighted by molar-refractivity contribution is 5.96. The lowest BCUT2D eigenvalue weighted by Crippen LogP contribution is -2.34. The summed E-state index contributed by atoms with van der Waals surface area (Å²) in [7, 11) is 0. The van der Waals surface area contributed by atoms with Gasteiger partial charge in [-0.25, -0.2) is 0 Å². The third-order valence-corrected chi connectivity index (χ3v) is 3.68. The van der Waals surface area contributed by atoms with E-state index in [1.807, 2.05) is 12.1 Å². The van der Waals surface area contributed by atoms with Crippen LogP contribution in [0.5, 0.6) is 0 Å². The number of carbonyl (C=O) groups is 1. The molecule has 0 heterocycles. The zero-order chi connectivity index (χ0) is 15.8. The first kappa shape index (κ1) is 17.3. The summed E-state index contributed by atoms with van der Waals surface area (Å²) in [4.78, 5) is 12.3. The highest BCUT2D eigenvalue weighted by atomic mass is 16.2. The second-order valence-corrected chi connectivity index (χ2v) is 5.87. The molecule has 2 N–H and O–H groups in total. The Labute approximate surface area is 127 Å². The third-order valence-electron chi connectivity index (χ3n) is 3.68. The Morgan fingerprint density at radius 3 is 2.38 bits per heavy atom. The van der Waals surface area contributed by atoms with Gasteiger partial charge in [0.05, 0.1) is 5.56 Å². The molecule has 1 aromatic rings. The molecule has 0 aliphatic rings. The van der Waals surface area contributed by atoms with Crippen LogP contribution in [0.2, 0.25) is 0 Å². The molecule has 1 amide bonds. The van der Waals surface area contributed by atoms with Crippen molar-refractivity contribution in [1.29, 1.82) is 0 Å². The SMILES string of the molecule is CC(C)C(CNC(=O)c1ccccc1C#CCO)C(C)C. The number of amides is 1. The van der Waals surface area contributed by atoms with Crippen molar-refractivity contribution in [2.24, 2.45) is 17.8 Å². The predicted octanol–water partition coefficient (Wildman–Crippen LogP) is 2.69. The summed E-state index contributed by atoms with van der Waals surface area (Å²) in [6.45, 7) is 9.17. The molecule has 114 valence electrons. The van der Waals surface area contributed by atoms with Crippen LogP contribution in [0, 0.1) is 29.6 Å². The van der Waals surface area contributed by atoms with Gasteiger partial charge in [0.25, 0.3) is 5.91 Å². The molecule has 3 heteroatoms. The van der Waals surface area contributed by atoms with E-state index >= 15 is 0 Å². The molecule has 0 radical (unpaired) electrons. The minimum atomic E-state index is -0.210. The molecule has 0 bridgehead atoms. The van der Waals surface area contributed by atoms with Crippen molar-refractivity contribution in [2.75, 3.05) is 13.2 Å². The lowest BCUT2D eigenvalue weighted by molar-refractivity contribution is 0.0937. The van der Waals surface area contributed by atoms with Gasteiger partial charge in [-0.15, -0.1) is 0 Å². The molecule has 1 rings (SSSR count). The van der Waals surface area contributed by atoms with Crippen molar-refractivity contribution in [3.05, 3.63) is 35.4 Å². The molecule has 0 spiro atoms. The van der Waals surface area contributed by atoms with Crippen molar-refractivity contribution < 1.29 is 9.90 Å². The van der Waals surface area contributed by atoms with Crippen molar-refractivity contribution in [3.8, 4) is 11.8 Å². The molecule has 0 saturated heterocycles. The number of carbonyl (C=O) groups excluding carboxylic acids is 1. The van der Waals surface area contributed by atoms with E-state index in [1.165, 1.54) is 0 Å². The van der Waals surface area contributed by atoms with Crippen LogP contribution in [0.25, 0.3) is 0 Å². The van der Waals surface area contributed by atoms with Gasteiger partial charge in [0.1, 0.15) is 6.61 Å². The zero-order valence-corrected chi connectivity index (χ0v) is 13.3. The van der Waals surface area contributed by atoms with Gasteiger partial charge in [0.15, 0.2) is 0 Å². The van der Waals surface area contributed by atoms with E-state index in [1.54, 1.807) is 12.1 Å². The summed E-state index contributed by atoms with van der Waals surface area (Å²) in [5.74, 6) is 6.79. The second kappa shape index (κ2) is 8.49. The molecule has 1 aromatic carbocycles. The van der Waals surface area contributed by atoms with Crippen molar-refractivity contribution in [3.63, 3.8) is 0 Å². The van der Waals surface area contributed by atoms with Gasteiger partial charge in [-0.1, -0.05) is 51.7 Å². The number of hydrogen-bond acceptors (Lipinski definition) is 2. The summed E-state index contributed by atoms with van der Waals surface area (Å²) in [6.07, 6.45) is 0. The Bertz CT molecular complexity index is 516. The lowest BCUT2D eigenvalue weighted by atomic mass is 9.85. The van der Waals surface area contributed by atoms with Gasteiger partial charge in [0.2, 0.25) is 0 Å². The smallest absolute Gasteiger partial charge is 0.252 e. The van der Waals surface area contributed by atoms with E-state index in [2.05, 4.69) is 44.9 Å². The van der Waals surface area contributed by atoms with Crippen LogP contribution < -0.4 is 5.32 Å². The molecule has 0 atom stereocenters. The standard InChI is InChI=1S/C18H25NO2/c1-13(2)17(14(3)4)12-19-18(21)16-10-6-5-8-15(16)9-7-11-20/h5-6,8,10,13-14,17,20H,11-12H2,1-4H3,(H,19,21). The number of hydrogen-bond donors (Lipinski definition) is 2. The number of rotatable bonds is 5. The highest BCUT2D eigenvalue weighted by Crippen LogP contribution is 2.19. The van der Waals surface area contributed by atoms with Crippen LogP contribution in [0.4, 0.5) is 0 Å². The lowest BCUT2D eigenvalue weighted by Gasteiger charge is -2.25. The normalized spacial score (nSPS) is 10.7. The van der Waals surface area contributed by atoms with Crippen molar-refractivity contribution in [2.45, 2.75) is 27.7 Å². The van der Waals surface area contributed by atoms with E-state index < -0.39 is 0 Å². The minimum absolute atomic E-state index is 0.107. The number of nitrogens with one attached hydrogen (secondary N) is 1. The third kappa shape index (κ3) is 5.24. The zero-order valence-electron chi connectivity index (χ0n) is 13.3. The van der Waals surface area contributed by atoms with Gasteiger partial charge in [-0.05, 0) is 29.9 Å². The molecule has 0 fully saturated rings. The van der Waals surface area contributed by atoms with E-state index in [0.29, 0.717) is 35.4 Å². The summed E-state index contributed by atoms with van der Waals surface area (Å²) < 4.78 is 0. The monoisotopic (exact) mass is 287 g/mol. The average Bonchev–Trinajstić information content (AvgIpc) is 2.44. The van der Waals surface area contributed by atoms with E-state index in [4.69, 9.17) is 5.11 Å². The highest BCUT2D eigenvalue weighted by Gasteiger charge is 2.19. The Morgan fingerprint density at radius 1 is 1.19 bits per heavy atom. The van der Waals surface area contributed by atoms with Crippen molar-refractivity contribution >= 4 is 5.91 Å². The molecule has 0 aromatic heterocycles. The molecule has 0 unspecified atom stereocenters. The first-order chi connectivity index (χ1) is 9.97. The number of benzene rings is 1. The maximum absolute atomic E-state index is 12.3. The maximum Gasteiger partial charge on any atom is 0.252 e. The topological polar surface area (TPSA) is 49.3 Å². The number of aliphatic hydroxyl groups excluding tert-OH is 1. The maximum atomic E-state index is 12.3. The van der Waals surface area contributed by atoms with Crippen LogP contribution in [-0.4, -0.2) is 24.2 Å². The fraction of sp³-hybridized carbons (Fsp3) is 0.500. The summed E-state index contributed by atoms with van der Waals surface area (Å²) >= 11 is 0. The van der Waals surface area contributed by atoms with Crippen LogP contribution in [0.1, 0.15) is 43.6 Å². The predicted molar refractivity (Wildman–Crippen MR) is 85.9 cm³/mol. The van der Waals surface area contributed by atoms with E-state index in [-0.39, 0.29) is 12.5 Å². The fourth-order valence-electron chi connectivity index (χ4n) is 2.47. The Hall–Kier alpha value is -1.79. The van der Waals surface area contributed by atoms with Gasteiger partial charge in [0, 0.05) is 12.1 Å². The van der Waals surface area contributed by atoms with Crippen LogP contribution >= 0.6 is 0 Å². The van der Waals surface area contributed by atoms with Gasteiger partial charge in [-0.2, -0.15) is 0 Å². The first-order valence-corrected chi connectivity index (χ1v) is 7.44. The molecular weight excluding hydrogens is 262 g/mol. The van der Waals surface area contributed by atoms with Crippen LogP contribution in [0.3, 0.4) is 0 Å². The van der Waals surface area contributed by atoms with Gasteiger partial charge < -0.3 is 10.4 Å². The van der Waals surface area contributed by atoms with Gasteiger partial charge >= 0.3 is 0 Å². The minimum Gasteiger partial charge on any atom is -0.384 e. The largest absolute Gasteiger partial charge is 0.384 e. The van der Waals surface area contributed by atoms with Crippen LogP contribution in [0.15, 0.2) is 24.3 Å². The molecule has 21 heavy (non-hydrogen) atoms. The van der Waals surface area contributed by atoms with Gasteiger partial charge in [-0.3, -0.25) is 4.79 Å². The Morgan fingerprint density at radius 2 is 1.81 bits per heavy atom. The van der Waals surface area contributed by atoms with E-state index in [9.17, 15) is 4.79 Å². The second-order valence-electron chi connectivity index (χ2n) is 5.87. The molecule has 0 saturated carbocycles. The summed E-state index contributed by atoms with van der Waals surface area (Å²) in [6, 6.07) is 7.21. The van der Waals surface area contributed by atoms with Crippen LogP contribution in [-0.2, 0) is 0 Å². The number of aliphatic hydroxyl groups is 1. The quantitative estimate of drug-likeness (QED) is 0.818. The Balaban J connectivity index is 2.81. The molecule has 3 nitrogen and oxygen atoms in total. The molecular formula is C18H25NO2. The fourth-order valence-corrected chi connectivity index (χ4v) is 2.47. The first-order valence-electron chi connectivity index (χ1n) is 7.44. The Kier molecular flexibility index (Phi) is 6.98.